The molecule has 1 fully saturated rings. The zero-order chi connectivity index (χ0) is 18.5. The summed E-state index contributed by atoms with van der Waals surface area (Å²) >= 11 is 0. The number of halogens is 1. The third-order valence-electron chi connectivity index (χ3n) is 5.07. The van der Waals surface area contributed by atoms with Gasteiger partial charge in [-0.05, 0) is 42.9 Å². The van der Waals surface area contributed by atoms with Gasteiger partial charge in [-0.25, -0.2) is 4.39 Å². The number of methoxy groups -OCH3 is 1. The summed E-state index contributed by atoms with van der Waals surface area (Å²) < 4.78 is 19.3. The molecule has 0 radical (unpaired) electrons. The molecular weight excluding hydrogens is 333 g/mol. The summed E-state index contributed by atoms with van der Waals surface area (Å²) in [4.78, 5) is 14.4. The van der Waals surface area contributed by atoms with Crippen LogP contribution in [-0.2, 0) is 6.42 Å². The molecule has 0 bridgehead atoms. The lowest BCUT2D eigenvalue weighted by molar-refractivity contribution is 0.0462. The number of aliphatic hydroxyl groups excluding tert-OH is 1. The number of amides is 1. The van der Waals surface area contributed by atoms with Gasteiger partial charge in [-0.3, -0.25) is 4.79 Å². The number of carbonyl (C=O) groups excluding carboxylic acids is 1. The maximum Gasteiger partial charge on any atom is 0.260 e. The molecule has 1 aliphatic heterocycles. The summed E-state index contributed by atoms with van der Waals surface area (Å²) in [6, 6.07) is 14.3. The summed E-state index contributed by atoms with van der Waals surface area (Å²) in [6.45, 7) is 1.01. The van der Waals surface area contributed by atoms with Gasteiger partial charge in [-0.2, -0.15) is 0 Å². The fraction of sp³-hybridized carbons (Fsp3) is 0.381. The average molecular weight is 357 g/mol. The molecule has 4 nitrogen and oxygen atoms in total. The number of ether oxygens (including phenoxy) is 1. The van der Waals surface area contributed by atoms with Crippen molar-refractivity contribution < 1.29 is 19.0 Å². The maximum atomic E-state index is 14.1. The fourth-order valence-electron chi connectivity index (χ4n) is 3.55. The molecule has 2 aromatic carbocycles. The summed E-state index contributed by atoms with van der Waals surface area (Å²) in [7, 11) is 1.43. The zero-order valence-corrected chi connectivity index (χ0v) is 14.9. The first-order valence-electron chi connectivity index (χ1n) is 8.94. The van der Waals surface area contributed by atoms with Crippen LogP contribution >= 0.6 is 0 Å². The Kier molecular flexibility index (Phi) is 5.89. The molecule has 1 saturated heterocycles. The average Bonchev–Trinajstić information content (AvgIpc) is 2.68. The molecule has 26 heavy (non-hydrogen) atoms. The number of piperidine rings is 1. The van der Waals surface area contributed by atoms with E-state index in [0.717, 1.165) is 5.56 Å². The Bertz CT molecular complexity index is 742. The number of benzene rings is 2. The minimum atomic E-state index is -0.569. The fourth-order valence-corrected chi connectivity index (χ4v) is 3.55. The van der Waals surface area contributed by atoms with E-state index < -0.39 is 11.9 Å². The lowest BCUT2D eigenvalue weighted by Gasteiger charge is -2.34. The molecule has 1 unspecified atom stereocenters. The second-order valence-electron chi connectivity index (χ2n) is 6.70. The highest BCUT2D eigenvalue weighted by atomic mass is 19.1. The largest absolute Gasteiger partial charge is 0.496 e. The Hall–Kier alpha value is -2.40. The number of hydrogen-bond acceptors (Lipinski definition) is 3. The first kappa shape index (κ1) is 18.4. The standard InChI is InChI=1S/C21H24FNO3/c1-26-19-9-5-8-17(22)20(19)21(25)23-12-10-16(11-13-23)18(24)14-15-6-3-2-4-7-15/h2-9,16,18,24H,10-14H2,1H3. The molecule has 2 aromatic rings. The minimum absolute atomic E-state index is 0.0155. The number of rotatable bonds is 5. The van der Waals surface area contributed by atoms with E-state index in [1.54, 1.807) is 11.0 Å². The van der Waals surface area contributed by atoms with E-state index in [1.165, 1.54) is 19.2 Å². The van der Waals surface area contributed by atoms with Gasteiger partial charge in [0.15, 0.2) is 0 Å². The van der Waals surface area contributed by atoms with Crippen molar-refractivity contribution in [1.82, 2.24) is 4.90 Å². The van der Waals surface area contributed by atoms with Crippen molar-refractivity contribution in [3.8, 4) is 5.75 Å². The smallest absolute Gasteiger partial charge is 0.260 e. The third-order valence-corrected chi connectivity index (χ3v) is 5.07. The molecule has 0 saturated carbocycles. The molecule has 1 heterocycles. The molecule has 138 valence electrons. The molecule has 3 rings (SSSR count). The molecule has 0 spiro atoms. The van der Waals surface area contributed by atoms with Crippen LogP contribution in [0, 0.1) is 11.7 Å². The van der Waals surface area contributed by atoms with E-state index in [9.17, 15) is 14.3 Å². The van der Waals surface area contributed by atoms with Crippen LogP contribution in [-0.4, -0.2) is 42.2 Å². The number of hydrogen-bond donors (Lipinski definition) is 1. The predicted octanol–water partition coefficient (Wildman–Crippen LogP) is 3.29. The maximum absolute atomic E-state index is 14.1. The van der Waals surface area contributed by atoms with Crippen molar-refractivity contribution in [3.05, 3.63) is 65.5 Å². The lowest BCUT2D eigenvalue weighted by Crippen LogP contribution is -2.42. The van der Waals surface area contributed by atoms with Crippen LogP contribution in [0.2, 0.25) is 0 Å². The van der Waals surface area contributed by atoms with Crippen LogP contribution in [0.1, 0.15) is 28.8 Å². The topological polar surface area (TPSA) is 49.8 Å². The van der Waals surface area contributed by atoms with Crippen molar-refractivity contribution in [2.45, 2.75) is 25.4 Å². The van der Waals surface area contributed by atoms with E-state index in [-0.39, 0.29) is 23.1 Å². The quantitative estimate of drug-likeness (QED) is 0.893. The number of nitrogens with zero attached hydrogens (tertiary/aromatic N) is 1. The van der Waals surface area contributed by atoms with E-state index in [2.05, 4.69) is 0 Å². The van der Waals surface area contributed by atoms with Crippen LogP contribution in [0.25, 0.3) is 0 Å². The van der Waals surface area contributed by atoms with Gasteiger partial charge in [0.05, 0.1) is 13.2 Å². The lowest BCUT2D eigenvalue weighted by atomic mass is 9.87. The highest BCUT2D eigenvalue weighted by Crippen LogP contribution is 2.27. The van der Waals surface area contributed by atoms with E-state index in [4.69, 9.17) is 4.74 Å². The van der Waals surface area contributed by atoms with Crippen LogP contribution in [0.15, 0.2) is 48.5 Å². The van der Waals surface area contributed by atoms with E-state index in [1.807, 2.05) is 30.3 Å². The highest BCUT2D eigenvalue weighted by Gasteiger charge is 2.30. The van der Waals surface area contributed by atoms with Crippen molar-refractivity contribution in [3.63, 3.8) is 0 Å². The van der Waals surface area contributed by atoms with Gasteiger partial charge in [-0.1, -0.05) is 36.4 Å². The van der Waals surface area contributed by atoms with Crippen LogP contribution < -0.4 is 4.74 Å². The second kappa shape index (κ2) is 8.32. The molecule has 1 N–H and O–H groups in total. The normalized spacial score (nSPS) is 16.3. The summed E-state index contributed by atoms with van der Waals surface area (Å²) in [5.41, 5.74) is 1.09. The van der Waals surface area contributed by atoms with Crippen LogP contribution in [0.4, 0.5) is 4.39 Å². The summed E-state index contributed by atoms with van der Waals surface area (Å²) in [6.07, 6.45) is 1.59. The summed E-state index contributed by atoms with van der Waals surface area (Å²) in [5, 5.41) is 10.5. The molecule has 0 aliphatic carbocycles. The zero-order valence-electron chi connectivity index (χ0n) is 14.9. The first-order valence-corrected chi connectivity index (χ1v) is 8.94. The summed E-state index contributed by atoms with van der Waals surface area (Å²) in [5.74, 6) is -0.528. The van der Waals surface area contributed by atoms with Crippen molar-refractivity contribution in [2.75, 3.05) is 20.2 Å². The van der Waals surface area contributed by atoms with Crippen molar-refractivity contribution in [2.24, 2.45) is 5.92 Å². The van der Waals surface area contributed by atoms with Crippen LogP contribution in [0.5, 0.6) is 5.75 Å². The minimum Gasteiger partial charge on any atom is -0.496 e. The third kappa shape index (κ3) is 4.05. The van der Waals surface area contributed by atoms with Gasteiger partial charge in [-0.15, -0.1) is 0 Å². The van der Waals surface area contributed by atoms with Gasteiger partial charge >= 0.3 is 0 Å². The van der Waals surface area contributed by atoms with Gasteiger partial charge in [0, 0.05) is 13.1 Å². The first-order chi connectivity index (χ1) is 12.6. The number of carbonyl (C=O) groups is 1. The molecule has 5 heteroatoms. The molecule has 1 atom stereocenters. The van der Waals surface area contributed by atoms with Gasteiger partial charge < -0.3 is 14.7 Å². The number of aliphatic hydroxyl groups is 1. The second-order valence-corrected chi connectivity index (χ2v) is 6.70. The van der Waals surface area contributed by atoms with Gasteiger partial charge in [0.1, 0.15) is 17.1 Å². The van der Waals surface area contributed by atoms with Crippen molar-refractivity contribution in [1.29, 1.82) is 0 Å². The Labute approximate surface area is 153 Å². The predicted molar refractivity (Wildman–Crippen MR) is 97.7 cm³/mol. The van der Waals surface area contributed by atoms with E-state index in [0.29, 0.717) is 32.4 Å². The Morgan fingerprint density at radius 2 is 1.88 bits per heavy atom. The molecule has 1 amide bonds. The highest BCUT2D eigenvalue weighted by molar-refractivity contribution is 5.97. The van der Waals surface area contributed by atoms with Gasteiger partial charge in [0.2, 0.25) is 0 Å². The monoisotopic (exact) mass is 357 g/mol. The SMILES string of the molecule is COc1cccc(F)c1C(=O)N1CCC(C(O)Cc2ccccc2)CC1. The van der Waals surface area contributed by atoms with Gasteiger partial charge in [0.25, 0.3) is 5.91 Å². The van der Waals surface area contributed by atoms with Crippen molar-refractivity contribution >= 4 is 5.91 Å². The van der Waals surface area contributed by atoms with E-state index >= 15 is 0 Å². The molecule has 1 aliphatic rings. The number of likely N-dealkylation sites (tertiary alicyclic amines) is 1. The Morgan fingerprint density at radius 3 is 2.54 bits per heavy atom. The molecular formula is C21H24FNO3. The Morgan fingerprint density at radius 1 is 1.19 bits per heavy atom. The Balaban J connectivity index is 1.61. The molecule has 0 aromatic heterocycles. The van der Waals surface area contributed by atoms with Crippen LogP contribution in [0.3, 0.4) is 0 Å².